The summed E-state index contributed by atoms with van der Waals surface area (Å²) in [5, 5.41) is 0.810. The monoisotopic (exact) mass is 367 g/mol. The Hall–Kier alpha value is -3.28. The van der Waals surface area contributed by atoms with E-state index in [1.807, 2.05) is 24.3 Å². The number of ether oxygens (including phenoxy) is 3. The van der Waals surface area contributed by atoms with E-state index >= 15 is 0 Å². The molecule has 0 fully saturated rings. The number of hydrogen-bond donors (Lipinski definition) is 1. The van der Waals surface area contributed by atoms with Crippen molar-refractivity contribution in [1.82, 2.24) is 4.98 Å². The van der Waals surface area contributed by atoms with Gasteiger partial charge in [-0.25, -0.2) is 0 Å². The van der Waals surface area contributed by atoms with Gasteiger partial charge in [-0.3, -0.25) is 9.59 Å². The predicted octanol–water partition coefficient (Wildman–Crippen LogP) is 3.54. The van der Waals surface area contributed by atoms with Crippen molar-refractivity contribution in [2.45, 2.75) is 19.4 Å². The molecule has 0 aliphatic rings. The summed E-state index contributed by atoms with van der Waals surface area (Å²) in [6, 6.07) is 12.7. The van der Waals surface area contributed by atoms with Gasteiger partial charge in [0.15, 0.2) is 17.6 Å². The molecule has 6 nitrogen and oxygen atoms in total. The average molecular weight is 367 g/mol. The summed E-state index contributed by atoms with van der Waals surface area (Å²) in [6.07, 6.45) is 0.800. The molecule has 0 saturated carbocycles. The predicted molar refractivity (Wildman–Crippen MR) is 101 cm³/mol. The molecule has 0 spiro atoms. The van der Waals surface area contributed by atoms with Crippen LogP contribution in [0.25, 0.3) is 10.9 Å². The second-order valence-corrected chi connectivity index (χ2v) is 6.11. The van der Waals surface area contributed by atoms with Gasteiger partial charge in [-0.2, -0.15) is 0 Å². The number of aromatic amines is 1. The van der Waals surface area contributed by atoms with Crippen LogP contribution in [0.3, 0.4) is 0 Å². The number of carbonyl (C=O) groups is 2. The number of H-pyrrole nitrogens is 1. The highest BCUT2D eigenvalue weighted by atomic mass is 16.5. The van der Waals surface area contributed by atoms with E-state index in [1.165, 1.54) is 7.11 Å². The van der Waals surface area contributed by atoms with Crippen molar-refractivity contribution in [2.75, 3.05) is 14.2 Å². The molecule has 2 aromatic carbocycles. The number of rotatable bonds is 7. The highest BCUT2D eigenvalue weighted by molar-refractivity contribution is 6.10. The van der Waals surface area contributed by atoms with Crippen LogP contribution in [0.2, 0.25) is 0 Å². The molecule has 0 radical (unpaired) electrons. The van der Waals surface area contributed by atoms with Crippen LogP contribution in [-0.2, 0) is 16.0 Å². The second kappa shape index (κ2) is 7.95. The number of Topliss-reactive ketones (excluding diaryl/α,β-unsaturated/α-hetero) is 1. The van der Waals surface area contributed by atoms with Crippen molar-refractivity contribution in [3.8, 4) is 11.5 Å². The summed E-state index contributed by atoms with van der Waals surface area (Å²) < 4.78 is 15.8. The number of methoxy groups -OCH3 is 2. The number of esters is 1. The number of fused-ring (bicyclic) bond motifs is 1. The van der Waals surface area contributed by atoms with Gasteiger partial charge in [0.25, 0.3) is 0 Å². The van der Waals surface area contributed by atoms with Crippen molar-refractivity contribution in [3.05, 3.63) is 59.8 Å². The van der Waals surface area contributed by atoms with Gasteiger partial charge in [0.1, 0.15) is 0 Å². The molecule has 0 bridgehead atoms. The maximum absolute atomic E-state index is 12.7. The number of hydrogen-bond acceptors (Lipinski definition) is 5. The van der Waals surface area contributed by atoms with E-state index in [0.29, 0.717) is 22.6 Å². The molecule has 0 saturated heterocycles. The Morgan fingerprint density at radius 2 is 1.78 bits per heavy atom. The minimum atomic E-state index is -0.878. The van der Waals surface area contributed by atoms with Gasteiger partial charge in [0.2, 0.25) is 5.78 Å². The van der Waals surface area contributed by atoms with Crippen molar-refractivity contribution in [1.29, 1.82) is 0 Å². The lowest BCUT2D eigenvalue weighted by Crippen LogP contribution is -2.25. The molecule has 27 heavy (non-hydrogen) atoms. The first kappa shape index (κ1) is 18.5. The largest absolute Gasteiger partial charge is 0.493 e. The third-order valence-corrected chi connectivity index (χ3v) is 4.33. The zero-order valence-corrected chi connectivity index (χ0v) is 15.4. The molecular formula is C21H21NO5. The van der Waals surface area contributed by atoms with Crippen LogP contribution >= 0.6 is 0 Å². The lowest BCUT2D eigenvalue weighted by molar-refractivity contribution is -0.145. The molecule has 1 N–H and O–H groups in total. The lowest BCUT2D eigenvalue weighted by Gasteiger charge is -2.13. The first-order valence-corrected chi connectivity index (χ1v) is 8.54. The number of aromatic nitrogens is 1. The van der Waals surface area contributed by atoms with Crippen LogP contribution in [-0.4, -0.2) is 37.1 Å². The van der Waals surface area contributed by atoms with E-state index in [1.54, 1.807) is 38.4 Å². The maximum atomic E-state index is 12.7. The van der Waals surface area contributed by atoms with Crippen LogP contribution in [0.1, 0.15) is 22.8 Å². The highest BCUT2D eigenvalue weighted by Gasteiger charge is 2.22. The molecule has 1 atom stereocenters. The Bertz CT molecular complexity index is 976. The number of para-hydroxylation sites is 1. The van der Waals surface area contributed by atoms with E-state index < -0.39 is 12.1 Å². The zero-order valence-electron chi connectivity index (χ0n) is 15.4. The third kappa shape index (κ3) is 3.95. The van der Waals surface area contributed by atoms with Gasteiger partial charge in [-0.05, 0) is 30.7 Å². The van der Waals surface area contributed by atoms with Crippen LogP contribution in [0, 0.1) is 0 Å². The number of carbonyl (C=O) groups excluding carboxylic acids is 2. The van der Waals surface area contributed by atoms with Crippen LogP contribution in [0.15, 0.2) is 48.7 Å². The van der Waals surface area contributed by atoms with Crippen LogP contribution < -0.4 is 9.47 Å². The molecule has 6 heteroatoms. The molecule has 3 aromatic rings. The normalized spacial score (nSPS) is 11.8. The van der Waals surface area contributed by atoms with E-state index in [4.69, 9.17) is 14.2 Å². The van der Waals surface area contributed by atoms with E-state index in [0.717, 1.165) is 10.9 Å². The summed E-state index contributed by atoms with van der Waals surface area (Å²) in [5.41, 5.74) is 2.09. The lowest BCUT2D eigenvalue weighted by atomic mass is 10.1. The maximum Gasteiger partial charge on any atom is 0.310 e. The van der Waals surface area contributed by atoms with Crippen molar-refractivity contribution >= 4 is 22.7 Å². The average Bonchev–Trinajstić information content (AvgIpc) is 3.11. The Balaban J connectivity index is 1.68. The molecule has 0 aliphatic heterocycles. The van der Waals surface area contributed by atoms with Crippen LogP contribution in [0.5, 0.6) is 11.5 Å². The van der Waals surface area contributed by atoms with Crippen molar-refractivity contribution in [2.24, 2.45) is 0 Å². The standard InChI is InChI=1S/C21H21NO5/c1-13(21(24)16-12-22-17-7-5-4-6-15(16)17)27-20(23)11-14-8-9-18(25-2)19(10-14)26-3/h4-10,12-13,22H,11H2,1-3H3/t13-/m0/s1. The van der Waals surface area contributed by atoms with Gasteiger partial charge in [0.05, 0.1) is 20.6 Å². The number of nitrogens with one attached hydrogen (secondary N) is 1. The summed E-state index contributed by atoms with van der Waals surface area (Å²) in [4.78, 5) is 28.0. The molecule has 0 unspecified atom stereocenters. The fraction of sp³-hybridized carbons (Fsp3) is 0.238. The Morgan fingerprint density at radius 3 is 2.52 bits per heavy atom. The topological polar surface area (TPSA) is 77.6 Å². The quantitative estimate of drug-likeness (QED) is 0.510. The van der Waals surface area contributed by atoms with Gasteiger partial charge in [-0.15, -0.1) is 0 Å². The second-order valence-electron chi connectivity index (χ2n) is 6.11. The fourth-order valence-electron chi connectivity index (χ4n) is 2.94. The fourth-order valence-corrected chi connectivity index (χ4v) is 2.94. The summed E-state index contributed by atoms with van der Waals surface area (Å²) in [5.74, 6) is 0.388. The molecular weight excluding hydrogens is 346 g/mol. The molecule has 1 heterocycles. The summed E-state index contributed by atoms with van der Waals surface area (Å²) in [7, 11) is 3.08. The third-order valence-electron chi connectivity index (χ3n) is 4.33. The number of ketones is 1. The first-order valence-electron chi connectivity index (χ1n) is 8.54. The Kier molecular flexibility index (Phi) is 5.45. The van der Waals surface area contributed by atoms with Crippen molar-refractivity contribution < 1.29 is 23.8 Å². The molecule has 0 amide bonds. The van der Waals surface area contributed by atoms with E-state index in [2.05, 4.69) is 4.98 Å². The molecule has 1 aromatic heterocycles. The van der Waals surface area contributed by atoms with Gasteiger partial charge >= 0.3 is 5.97 Å². The zero-order chi connectivity index (χ0) is 19.4. The molecule has 140 valence electrons. The van der Waals surface area contributed by atoms with Gasteiger partial charge in [-0.1, -0.05) is 24.3 Å². The first-order chi connectivity index (χ1) is 13.0. The van der Waals surface area contributed by atoms with Crippen molar-refractivity contribution in [3.63, 3.8) is 0 Å². The van der Waals surface area contributed by atoms with E-state index in [9.17, 15) is 9.59 Å². The SMILES string of the molecule is COc1ccc(CC(=O)O[C@@H](C)C(=O)c2c[nH]c3ccccc23)cc1OC. The summed E-state index contributed by atoms with van der Waals surface area (Å²) >= 11 is 0. The molecule has 0 aliphatic carbocycles. The Morgan fingerprint density at radius 1 is 1.04 bits per heavy atom. The van der Waals surface area contributed by atoms with E-state index in [-0.39, 0.29) is 12.2 Å². The highest BCUT2D eigenvalue weighted by Crippen LogP contribution is 2.28. The smallest absolute Gasteiger partial charge is 0.310 e. The minimum absolute atomic E-state index is 0.0336. The molecule has 3 rings (SSSR count). The Labute approximate surface area is 157 Å². The number of benzene rings is 2. The summed E-state index contributed by atoms with van der Waals surface area (Å²) in [6.45, 7) is 1.58. The van der Waals surface area contributed by atoms with Gasteiger partial charge in [0, 0.05) is 22.7 Å². The minimum Gasteiger partial charge on any atom is -0.493 e. The van der Waals surface area contributed by atoms with Gasteiger partial charge < -0.3 is 19.2 Å². The van der Waals surface area contributed by atoms with Crippen LogP contribution in [0.4, 0.5) is 0 Å².